The van der Waals surface area contributed by atoms with E-state index in [0.717, 1.165) is 0 Å². The van der Waals surface area contributed by atoms with Crippen LogP contribution in [0.3, 0.4) is 0 Å². The van der Waals surface area contributed by atoms with Crippen molar-refractivity contribution < 1.29 is 73.9 Å². The van der Waals surface area contributed by atoms with Crippen LogP contribution in [0.25, 0.3) is 0 Å². The maximum absolute atomic E-state index is 12.0. The summed E-state index contributed by atoms with van der Waals surface area (Å²) in [7, 11) is 0. The molecule has 18 heavy (non-hydrogen) atoms. The van der Waals surface area contributed by atoms with E-state index in [-0.39, 0.29) is 63.7 Å². The van der Waals surface area contributed by atoms with Gasteiger partial charge in [-0.25, -0.2) is 4.79 Å². The minimum absolute atomic E-state index is 0. The number of likely N-dealkylation sites (tertiary alicyclic amines) is 1. The Morgan fingerprint density at radius 2 is 1.83 bits per heavy atom. The Labute approximate surface area is 148 Å². The molecule has 3 nitrogen and oxygen atoms in total. The first-order valence-corrected chi connectivity index (χ1v) is 5.76. The number of halogens is 3. The molecule has 0 radical (unpaired) electrons. The molecule has 0 aromatic carbocycles. The summed E-state index contributed by atoms with van der Waals surface area (Å²) in [5.41, 5.74) is -0.558. The fraction of sp³-hybridized carbons (Fsp3) is 0.900. The van der Waals surface area contributed by atoms with Crippen LogP contribution in [0.1, 0.15) is 27.2 Å². The molecule has 8 heteroatoms. The van der Waals surface area contributed by atoms with Gasteiger partial charge in [0.15, 0.2) is 0 Å². The van der Waals surface area contributed by atoms with Crippen LogP contribution >= 0.6 is 0 Å². The zero-order valence-electron chi connectivity index (χ0n) is 11.4. The maximum Gasteiger partial charge on any atom is 1.00 e. The van der Waals surface area contributed by atoms with Crippen LogP contribution in [0.5, 0.6) is 0 Å². The van der Waals surface area contributed by atoms with Crippen LogP contribution < -0.4 is 51.4 Å². The van der Waals surface area contributed by atoms with E-state index in [1.54, 1.807) is 20.8 Å². The third-order valence-electron chi connectivity index (χ3n) is 2.51. The van der Waals surface area contributed by atoms with E-state index in [2.05, 4.69) is 0 Å². The Hall–Kier alpha value is 0.761. The normalized spacial score (nSPS) is 16.9. The quantitative estimate of drug-likeness (QED) is 0.690. The van der Waals surface area contributed by atoms with Crippen molar-refractivity contribution in [2.45, 2.75) is 39.1 Å². The second-order valence-corrected chi connectivity index (χ2v) is 5.54. The number of amides is 1. The zero-order chi connectivity index (χ0) is 13.3. The molecule has 0 spiro atoms. The van der Waals surface area contributed by atoms with Crippen LogP contribution in [0.2, 0.25) is 6.32 Å². The van der Waals surface area contributed by atoms with Gasteiger partial charge in [-0.3, -0.25) is 0 Å². The van der Waals surface area contributed by atoms with Crippen molar-refractivity contribution in [1.29, 1.82) is 0 Å². The Bertz CT molecular complexity index is 288. The number of carbonyl (C=O) groups excluding carboxylic acids is 1. The van der Waals surface area contributed by atoms with Gasteiger partial charge in [-0.2, -0.15) is 0 Å². The van der Waals surface area contributed by atoms with Gasteiger partial charge in [0.25, 0.3) is 0 Å². The zero-order valence-corrected chi connectivity index (χ0v) is 14.5. The molecule has 0 atom stereocenters. The van der Waals surface area contributed by atoms with Gasteiger partial charge >= 0.3 is 64.5 Å². The number of hydrogen-bond donors (Lipinski definition) is 0. The molecule has 0 aliphatic carbocycles. The van der Waals surface area contributed by atoms with E-state index in [1.165, 1.54) is 4.90 Å². The Kier molecular flexibility index (Phi) is 7.26. The number of carbonyl (C=O) groups is 1. The summed E-state index contributed by atoms with van der Waals surface area (Å²) in [5.74, 6) is -0.0361. The third-order valence-corrected chi connectivity index (χ3v) is 2.51. The van der Waals surface area contributed by atoms with E-state index in [1.807, 2.05) is 0 Å². The molecule has 1 heterocycles. The molecular formula is C10H18BF3KNO2. The molecule has 1 rings (SSSR count). The van der Waals surface area contributed by atoms with Crippen molar-refractivity contribution in [3.05, 3.63) is 0 Å². The fourth-order valence-electron chi connectivity index (χ4n) is 1.65. The van der Waals surface area contributed by atoms with Gasteiger partial charge < -0.3 is 22.6 Å². The largest absolute Gasteiger partial charge is 1.00 e. The van der Waals surface area contributed by atoms with Crippen LogP contribution in [-0.2, 0) is 4.74 Å². The number of rotatable bonds is 3. The molecule has 0 unspecified atom stereocenters. The summed E-state index contributed by atoms with van der Waals surface area (Å²) in [5, 5.41) is 0. The van der Waals surface area contributed by atoms with Gasteiger partial charge in [0.2, 0.25) is 0 Å². The van der Waals surface area contributed by atoms with Crippen molar-refractivity contribution in [2.24, 2.45) is 5.92 Å². The van der Waals surface area contributed by atoms with Gasteiger partial charge in [-0.1, -0.05) is 12.7 Å². The third kappa shape index (κ3) is 7.37. The Morgan fingerprint density at radius 3 is 2.22 bits per heavy atom. The monoisotopic (exact) mass is 291 g/mol. The van der Waals surface area contributed by atoms with E-state index in [0.29, 0.717) is 13.1 Å². The van der Waals surface area contributed by atoms with Crippen molar-refractivity contribution in [3.63, 3.8) is 0 Å². The van der Waals surface area contributed by atoms with E-state index < -0.39 is 25.0 Å². The van der Waals surface area contributed by atoms with Crippen molar-refractivity contribution >= 4 is 13.1 Å². The first-order chi connectivity index (χ1) is 7.57. The van der Waals surface area contributed by atoms with Crippen molar-refractivity contribution in [3.8, 4) is 0 Å². The smallest absolute Gasteiger partial charge is 0.449 e. The molecule has 1 fully saturated rings. The second kappa shape index (κ2) is 6.97. The predicted octanol–water partition coefficient (Wildman–Crippen LogP) is 0.0948. The maximum atomic E-state index is 12.0. The summed E-state index contributed by atoms with van der Waals surface area (Å²) in [6, 6.07) is 0. The van der Waals surface area contributed by atoms with Gasteiger partial charge in [-0.15, -0.1) is 0 Å². The molecular weight excluding hydrogens is 273 g/mol. The topological polar surface area (TPSA) is 29.5 Å². The van der Waals surface area contributed by atoms with Crippen molar-refractivity contribution in [2.75, 3.05) is 13.1 Å². The van der Waals surface area contributed by atoms with Crippen LogP contribution in [0.15, 0.2) is 0 Å². The Morgan fingerprint density at radius 1 is 1.33 bits per heavy atom. The van der Waals surface area contributed by atoms with E-state index in [9.17, 15) is 17.7 Å². The van der Waals surface area contributed by atoms with Crippen LogP contribution in [0, 0.1) is 5.92 Å². The fourth-order valence-corrected chi connectivity index (χ4v) is 1.65. The molecule has 0 bridgehead atoms. The summed E-state index contributed by atoms with van der Waals surface area (Å²) in [6.07, 6.45) is -1.04. The standard InChI is InChI=1S/C10H18BF3NO2.K/c1-10(2,3)17-9(16)15-6-8(7-15)4-5-11(12,13)14;/h8H,4-7H2,1-3H3;/q-1;+1. The molecule has 1 aliphatic heterocycles. The number of nitrogens with zero attached hydrogens (tertiary/aromatic N) is 1. The minimum Gasteiger partial charge on any atom is -0.449 e. The van der Waals surface area contributed by atoms with Crippen LogP contribution in [0.4, 0.5) is 17.7 Å². The van der Waals surface area contributed by atoms with Gasteiger partial charge in [0.05, 0.1) is 0 Å². The SMILES string of the molecule is CC(C)(C)OC(=O)N1CC(CC[B-](F)(F)F)C1.[K+]. The molecule has 1 amide bonds. The molecule has 100 valence electrons. The molecule has 0 saturated carbocycles. The summed E-state index contributed by atoms with van der Waals surface area (Å²) < 4.78 is 41.1. The summed E-state index contributed by atoms with van der Waals surface area (Å²) >= 11 is 0. The average Bonchev–Trinajstić information content (AvgIpc) is 1.94. The minimum atomic E-state index is -4.70. The second-order valence-electron chi connectivity index (χ2n) is 5.54. The van der Waals surface area contributed by atoms with E-state index in [4.69, 9.17) is 4.74 Å². The van der Waals surface area contributed by atoms with E-state index >= 15 is 0 Å². The molecule has 0 aromatic rings. The first-order valence-electron chi connectivity index (χ1n) is 5.76. The first kappa shape index (κ1) is 18.8. The molecule has 0 aromatic heterocycles. The summed E-state index contributed by atoms with van der Waals surface area (Å²) in [4.78, 5) is 12.9. The van der Waals surface area contributed by atoms with Gasteiger partial charge in [0.1, 0.15) is 5.60 Å². The van der Waals surface area contributed by atoms with Gasteiger partial charge in [0, 0.05) is 13.1 Å². The predicted molar refractivity (Wildman–Crippen MR) is 59.8 cm³/mol. The molecule has 1 saturated heterocycles. The number of ether oxygens (including phenoxy) is 1. The molecule has 0 N–H and O–H groups in total. The average molecular weight is 291 g/mol. The number of hydrogen-bond acceptors (Lipinski definition) is 2. The van der Waals surface area contributed by atoms with Gasteiger partial charge in [-0.05, 0) is 26.7 Å². The Balaban J connectivity index is 0.00000289. The molecule has 1 aliphatic rings. The van der Waals surface area contributed by atoms with Crippen LogP contribution in [-0.4, -0.2) is 36.7 Å². The summed E-state index contributed by atoms with van der Waals surface area (Å²) in [6.45, 7) is 1.33. The van der Waals surface area contributed by atoms with Crippen molar-refractivity contribution in [1.82, 2.24) is 4.90 Å².